The zero-order valence-corrected chi connectivity index (χ0v) is 9.04. The van der Waals surface area contributed by atoms with E-state index in [1.54, 1.807) is 11.8 Å². The second-order valence-corrected chi connectivity index (χ2v) is 4.25. The lowest BCUT2D eigenvalue weighted by Gasteiger charge is -2.22. The number of nitrogens with two attached hydrogens (primary N) is 1. The average molecular weight is 220 g/mol. The molecule has 3 nitrogen and oxygen atoms in total. The summed E-state index contributed by atoms with van der Waals surface area (Å²) in [5, 5.41) is 2.04. The van der Waals surface area contributed by atoms with Crippen LogP contribution in [-0.4, -0.2) is 19.0 Å². The minimum Gasteiger partial charge on any atom is -0.368 e. The van der Waals surface area contributed by atoms with Crippen LogP contribution in [0, 0.1) is 0 Å². The van der Waals surface area contributed by atoms with Gasteiger partial charge in [-0.05, 0) is 17.5 Å². The summed E-state index contributed by atoms with van der Waals surface area (Å²) in [7, 11) is 0. The van der Waals surface area contributed by atoms with E-state index in [1.807, 2.05) is 40.6 Å². The van der Waals surface area contributed by atoms with Gasteiger partial charge in [-0.1, -0.05) is 30.0 Å². The molecule has 2 rings (SSSR count). The molecule has 0 saturated carbocycles. The molecule has 0 fully saturated rings. The first-order chi connectivity index (χ1) is 7.27. The first-order valence-corrected chi connectivity index (χ1v) is 5.59. The van der Waals surface area contributed by atoms with Crippen molar-refractivity contribution in [3.8, 4) is 0 Å². The number of amides is 1. The van der Waals surface area contributed by atoms with E-state index in [0.29, 0.717) is 0 Å². The molecule has 15 heavy (non-hydrogen) atoms. The van der Waals surface area contributed by atoms with Crippen LogP contribution in [0.2, 0.25) is 0 Å². The lowest BCUT2D eigenvalue weighted by molar-refractivity contribution is -0.116. The zero-order chi connectivity index (χ0) is 10.7. The third-order valence-electron chi connectivity index (χ3n) is 2.17. The molecule has 2 N–H and O–H groups in total. The van der Waals surface area contributed by atoms with Crippen molar-refractivity contribution < 1.29 is 4.79 Å². The summed E-state index contributed by atoms with van der Waals surface area (Å²) in [6.45, 7) is 0.995. The average Bonchev–Trinajstić information content (AvgIpc) is 2.41. The Kier molecular flexibility index (Phi) is 2.97. The molecule has 0 saturated heterocycles. The van der Waals surface area contributed by atoms with Crippen LogP contribution >= 0.6 is 11.8 Å². The number of anilines is 1. The molecule has 0 aromatic heterocycles. The van der Waals surface area contributed by atoms with Gasteiger partial charge in [0.15, 0.2) is 0 Å². The molecule has 78 valence electrons. The number of hydrogen-bond acceptors (Lipinski definition) is 3. The summed E-state index contributed by atoms with van der Waals surface area (Å²) in [6.07, 6.45) is 2.04. The smallest absolute Gasteiger partial charge is 0.236 e. The summed E-state index contributed by atoms with van der Waals surface area (Å²) in [5.41, 5.74) is 6.30. The Morgan fingerprint density at radius 1 is 1.47 bits per heavy atom. The number of fused-ring (bicyclic) bond motifs is 1. The molecule has 1 amide bonds. The van der Waals surface area contributed by atoms with Gasteiger partial charge < -0.3 is 10.6 Å². The number of hydrogen-bond donors (Lipinski definition) is 1. The quantitative estimate of drug-likeness (QED) is 0.823. The molecular weight excluding hydrogens is 208 g/mol. The number of carbonyl (C=O) groups is 1. The molecule has 1 aliphatic heterocycles. The van der Waals surface area contributed by atoms with E-state index in [1.165, 1.54) is 0 Å². The van der Waals surface area contributed by atoms with Crippen molar-refractivity contribution in [2.75, 3.05) is 18.0 Å². The van der Waals surface area contributed by atoms with Crippen molar-refractivity contribution in [1.82, 2.24) is 0 Å². The van der Waals surface area contributed by atoms with E-state index in [9.17, 15) is 4.79 Å². The van der Waals surface area contributed by atoms with E-state index < -0.39 is 0 Å². The number of primary amides is 1. The highest BCUT2D eigenvalue weighted by Gasteiger charge is 2.13. The minimum atomic E-state index is -0.301. The van der Waals surface area contributed by atoms with Gasteiger partial charge in [-0.3, -0.25) is 4.79 Å². The van der Waals surface area contributed by atoms with Crippen molar-refractivity contribution in [3.63, 3.8) is 0 Å². The Morgan fingerprint density at radius 3 is 3.07 bits per heavy atom. The molecule has 4 heteroatoms. The maximum atomic E-state index is 10.9. The summed E-state index contributed by atoms with van der Waals surface area (Å²) < 4.78 is 0. The van der Waals surface area contributed by atoms with E-state index in [4.69, 9.17) is 5.73 Å². The minimum absolute atomic E-state index is 0.266. The van der Waals surface area contributed by atoms with Crippen molar-refractivity contribution in [2.45, 2.75) is 4.90 Å². The third-order valence-corrected chi connectivity index (χ3v) is 3.10. The predicted octanol–water partition coefficient (Wildman–Crippen LogP) is 1.60. The summed E-state index contributed by atoms with van der Waals surface area (Å²) in [5.74, 6) is -0.301. The van der Waals surface area contributed by atoms with Gasteiger partial charge in [0.2, 0.25) is 5.91 Å². The second kappa shape index (κ2) is 4.40. The lowest BCUT2D eigenvalue weighted by atomic mass is 10.3. The van der Waals surface area contributed by atoms with Gasteiger partial charge in [-0.15, -0.1) is 0 Å². The highest BCUT2D eigenvalue weighted by molar-refractivity contribution is 8.02. The van der Waals surface area contributed by atoms with Crippen LogP contribution in [-0.2, 0) is 4.79 Å². The van der Waals surface area contributed by atoms with Gasteiger partial charge in [-0.2, -0.15) is 0 Å². The summed E-state index contributed by atoms with van der Waals surface area (Å²) in [4.78, 5) is 14.1. The number of nitrogens with zero attached hydrogens (tertiary/aromatic N) is 1. The number of thioether (sulfide) groups is 1. The van der Waals surface area contributed by atoms with Gasteiger partial charge >= 0.3 is 0 Å². The van der Waals surface area contributed by atoms with Crippen LogP contribution in [0.15, 0.2) is 40.6 Å². The van der Waals surface area contributed by atoms with Crippen LogP contribution in [0.25, 0.3) is 0 Å². The number of benzene rings is 1. The van der Waals surface area contributed by atoms with E-state index in [2.05, 4.69) is 0 Å². The molecule has 1 aliphatic rings. The normalized spacial score (nSPS) is 14.5. The van der Waals surface area contributed by atoms with Crippen LogP contribution in [0.4, 0.5) is 5.69 Å². The fraction of sp³-hybridized carbons (Fsp3) is 0.182. The molecular formula is C11H12N2OS. The molecule has 0 atom stereocenters. The molecule has 0 aliphatic carbocycles. The first kappa shape index (κ1) is 10.1. The van der Waals surface area contributed by atoms with E-state index in [-0.39, 0.29) is 12.5 Å². The zero-order valence-electron chi connectivity index (χ0n) is 8.22. The molecule has 0 spiro atoms. The van der Waals surface area contributed by atoms with Crippen LogP contribution in [0.3, 0.4) is 0 Å². The van der Waals surface area contributed by atoms with Crippen LogP contribution in [0.5, 0.6) is 0 Å². The largest absolute Gasteiger partial charge is 0.368 e. The predicted molar refractivity (Wildman–Crippen MR) is 62.8 cm³/mol. The molecule has 0 bridgehead atoms. The van der Waals surface area contributed by atoms with Gasteiger partial charge in [0.05, 0.1) is 12.2 Å². The number of rotatable bonds is 2. The van der Waals surface area contributed by atoms with Gasteiger partial charge in [-0.25, -0.2) is 0 Å². The maximum Gasteiger partial charge on any atom is 0.236 e. The van der Waals surface area contributed by atoms with E-state index in [0.717, 1.165) is 17.1 Å². The Labute approximate surface area is 92.9 Å². The fourth-order valence-electron chi connectivity index (χ4n) is 1.55. The third kappa shape index (κ3) is 2.33. The second-order valence-electron chi connectivity index (χ2n) is 3.30. The topological polar surface area (TPSA) is 46.3 Å². The van der Waals surface area contributed by atoms with Crippen LogP contribution in [0.1, 0.15) is 0 Å². The highest BCUT2D eigenvalue weighted by atomic mass is 32.2. The first-order valence-electron chi connectivity index (χ1n) is 4.71. The highest BCUT2D eigenvalue weighted by Crippen LogP contribution is 2.32. The Morgan fingerprint density at radius 2 is 2.27 bits per heavy atom. The molecule has 0 unspecified atom stereocenters. The Hall–Kier alpha value is -1.42. The Balaban J connectivity index is 2.32. The monoisotopic (exact) mass is 220 g/mol. The Bertz CT molecular complexity index is 403. The van der Waals surface area contributed by atoms with Gasteiger partial charge in [0.25, 0.3) is 0 Å². The number of carbonyl (C=O) groups excluding carboxylic acids is 1. The number of para-hydroxylation sites is 1. The van der Waals surface area contributed by atoms with Gasteiger partial charge in [0, 0.05) is 11.4 Å². The van der Waals surface area contributed by atoms with E-state index >= 15 is 0 Å². The van der Waals surface area contributed by atoms with Crippen molar-refractivity contribution >= 4 is 23.4 Å². The summed E-state index contributed by atoms with van der Waals surface area (Å²) >= 11 is 1.67. The van der Waals surface area contributed by atoms with Crippen LogP contribution < -0.4 is 10.6 Å². The molecule has 1 heterocycles. The SMILES string of the molecule is NC(=O)CN1CC=CSc2ccccc21. The molecule has 1 aromatic rings. The van der Waals surface area contributed by atoms with Crippen molar-refractivity contribution in [2.24, 2.45) is 5.73 Å². The lowest BCUT2D eigenvalue weighted by Crippen LogP contribution is -2.33. The fourth-order valence-corrected chi connectivity index (χ4v) is 2.35. The molecule has 1 aromatic carbocycles. The van der Waals surface area contributed by atoms with Gasteiger partial charge in [0.1, 0.15) is 0 Å². The summed E-state index contributed by atoms with van der Waals surface area (Å²) in [6, 6.07) is 8.02. The maximum absolute atomic E-state index is 10.9. The van der Waals surface area contributed by atoms with Crippen molar-refractivity contribution in [1.29, 1.82) is 0 Å². The molecule has 0 radical (unpaired) electrons. The standard InChI is InChI=1S/C11H12N2OS/c12-11(14)8-13-6-3-7-15-10-5-2-1-4-9(10)13/h1-5,7H,6,8H2,(H2,12,14). The van der Waals surface area contributed by atoms with Crippen molar-refractivity contribution in [3.05, 3.63) is 35.7 Å².